The lowest BCUT2D eigenvalue weighted by atomic mass is 9.62. The maximum Gasteiger partial charge on any atom is 0.182 e. The fraction of sp³-hybridized carbons (Fsp3) is 0.400. The van der Waals surface area contributed by atoms with E-state index in [1.54, 1.807) is 12.1 Å². The summed E-state index contributed by atoms with van der Waals surface area (Å²) in [5.41, 5.74) is 5.14. The van der Waals surface area contributed by atoms with Gasteiger partial charge in [0.25, 0.3) is 0 Å². The molecule has 5 rings (SSSR count). The summed E-state index contributed by atoms with van der Waals surface area (Å²) in [6, 6.07) is 6.43. The lowest BCUT2D eigenvalue weighted by molar-refractivity contribution is -0.233. The predicted octanol–water partition coefficient (Wildman–Crippen LogP) is 5.38. The minimum atomic E-state index is -0.715. The molecule has 156 valence electrons. The van der Waals surface area contributed by atoms with Crippen LogP contribution in [0, 0.1) is 11.2 Å². The highest BCUT2D eigenvalue weighted by atomic mass is 19.1. The molecule has 4 nitrogen and oxygen atoms in total. The van der Waals surface area contributed by atoms with E-state index in [0.717, 1.165) is 36.2 Å². The topological polar surface area (TPSA) is 36.3 Å². The minimum absolute atomic E-state index is 0.00992. The van der Waals surface area contributed by atoms with Gasteiger partial charge in [-0.2, -0.15) is 5.10 Å². The summed E-state index contributed by atoms with van der Waals surface area (Å²) in [7, 11) is 0. The number of allylic oxidation sites excluding steroid dienone is 1. The SMILES string of the molecule is C=C[C@H]1OC2(CC=C(C)C3=Cc4c(cnn4-c4ccc(F)cc4)C[C@@]32C)O[C@@H]1CC. The van der Waals surface area contributed by atoms with E-state index in [9.17, 15) is 4.39 Å². The van der Waals surface area contributed by atoms with Crippen LogP contribution in [0.1, 0.15) is 44.9 Å². The molecule has 3 aliphatic rings. The van der Waals surface area contributed by atoms with Crippen molar-refractivity contribution in [1.82, 2.24) is 9.78 Å². The molecule has 2 aliphatic carbocycles. The maximum atomic E-state index is 13.4. The number of ether oxygens (including phenoxy) is 2. The van der Waals surface area contributed by atoms with E-state index in [4.69, 9.17) is 9.47 Å². The van der Waals surface area contributed by atoms with E-state index >= 15 is 0 Å². The Morgan fingerprint density at radius 2 is 2.07 bits per heavy atom. The van der Waals surface area contributed by atoms with Crippen LogP contribution >= 0.6 is 0 Å². The third-order valence-electron chi connectivity index (χ3n) is 6.99. The van der Waals surface area contributed by atoms with E-state index in [1.807, 2.05) is 17.0 Å². The number of fused-ring (bicyclic) bond motifs is 3. The van der Waals surface area contributed by atoms with Crippen molar-refractivity contribution in [2.45, 2.75) is 58.0 Å². The first-order valence-electron chi connectivity index (χ1n) is 10.6. The molecule has 0 N–H and O–H groups in total. The molecule has 1 saturated heterocycles. The maximum absolute atomic E-state index is 13.4. The first-order chi connectivity index (χ1) is 14.4. The molecule has 1 fully saturated rings. The fourth-order valence-corrected chi connectivity index (χ4v) is 5.26. The van der Waals surface area contributed by atoms with Gasteiger partial charge in [-0.1, -0.05) is 24.6 Å². The standard InChI is InChI=1S/C25H27FN2O2/c1-5-22-23(6-2)30-25(29-22)12-11-16(3)20-13-21-17(14-24(20,25)4)15-27-28(21)19-9-7-18(26)8-10-19/h5,7-11,13,15,22-23H,1,6,12,14H2,2-4H3/t22-,23-,24+,25?/m1/s1. The zero-order chi connectivity index (χ0) is 21.1. The number of aromatic nitrogens is 2. The molecule has 1 aromatic carbocycles. The van der Waals surface area contributed by atoms with Crippen molar-refractivity contribution in [2.24, 2.45) is 5.41 Å². The van der Waals surface area contributed by atoms with Crippen LogP contribution < -0.4 is 0 Å². The Morgan fingerprint density at radius 1 is 1.30 bits per heavy atom. The quantitative estimate of drug-likeness (QED) is 0.642. The van der Waals surface area contributed by atoms with Gasteiger partial charge in [0.2, 0.25) is 0 Å². The van der Waals surface area contributed by atoms with Crippen LogP contribution in [0.25, 0.3) is 11.8 Å². The first-order valence-corrected chi connectivity index (χ1v) is 10.6. The van der Waals surface area contributed by atoms with Crippen LogP contribution in [-0.2, 0) is 15.9 Å². The predicted molar refractivity (Wildman–Crippen MR) is 115 cm³/mol. The van der Waals surface area contributed by atoms with Crippen molar-refractivity contribution >= 4 is 6.08 Å². The second-order valence-corrected chi connectivity index (χ2v) is 8.74. The molecule has 4 atom stereocenters. The smallest absolute Gasteiger partial charge is 0.182 e. The van der Waals surface area contributed by atoms with Crippen molar-refractivity contribution in [3.05, 3.63) is 77.4 Å². The second-order valence-electron chi connectivity index (χ2n) is 8.74. The molecule has 2 aromatic rings. The van der Waals surface area contributed by atoms with Crippen LogP contribution in [0.3, 0.4) is 0 Å². The van der Waals surface area contributed by atoms with Gasteiger partial charge in [-0.3, -0.25) is 0 Å². The monoisotopic (exact) mass is 406 g/mol. The number of nitrogens with zero attached hydrogens (tertiary/aromatic N) is 2. The zero-order valence-electron chi connectivity index (χ0n) is 17.7. The molecular formula is C25H27FN2O2. The van der Waals surface area contributed by atoms with Gasteiger partial charge >= 0.3 is 0 Å². The molecule has 30 heavy (non-hydrogen) atoms. The van der Waals surface area contributed by atoms with Crippen molar-refractivity contribution in [2.75, 3.05) is 0 Å². The molecule has 1 unspecified atom stereocenters. The van der Waals surface area contributed by atoms with E-state index in [-0.39, 0.29) is 23.4 Å². The molecule has 1 aliphatic heterocycles. The van der Waals surface area contributed by atoms with Crippen molar-refractivity contribution in [3.63, 3.8) is 0 Å². The summed E-state index contributed by atoms with van der Waals surface area (Å²) in [6.45, 7) is 10.5. The minimum Gasteiger partial charge on any atom is -0.342 e. The van der Waals surface area contributed by atoms with Gasteiger partial charge in [0.1, 0.15) is 11.9 Å². The van der Waals surface area contributed by atoms with E-state index < -0.39 is 5.79 Å². The molecule has 0 bridgehead atoms. The Bertz CT molecular complexity index is 1070. The lowest BCUT2D eigenvalue weighted by Crippen LogP contribution is -2.53. The molecule has 1 aromatic heterocycles. The lowest BCUT2D eigenvalue weighted by Gasteiger charge is -2.50. The summed E-state index contributed by atoms with van der Waals surface area (Å²) in [5, 5.41) is 4.62. The highest BCUT2D eigenvalue weighted by Gasteiger charge is 2.61. The summed E-state index contributed by atoms with van der Waals surface area (Å²) < 4.78 is 28.5. The van der Waals surface area contributed by atoms with Crippen LogP contribution in [0.15, 0.2) is 60.3 Å². The van der Waals surface area contributed by atoms with Gasteiger partial charge < -0.3 is 9.47 Å². The van der Waals surface area contributed by atoms with Crippen molar-refractivity contribution in [3.8, 4) is 5.69 Å². The van der Waals surface area contributed by atoms with Crippen molar-refractivity contribution < 1.29 is 13.9 Å². The van der Waals surface area contributed by atoms with Crippen LogP contribution in [-0.4, -0.2) is 27.8 Å². The third-order valence-corrected chi connectivity index (χ3v) is 6.99. The Balaban J connectivity index is 1.61. The summed E-state index contributed by atoms with van der Waals surface area (Å²) in [5.74, 6) is -0.968. The fourth-order valence-electron chi connectivity index (χ4n) is 5.26. The van der Waals surface area contributed by atoms with E-state index in [1.165, 1.54) is 23.3 Å². The normalized spacial score (nSPS) is 32.4. The Kier molecular flexibility index (Phi) is 4.38. The van der Waals surface area contributed by atoms with Crippen LogP contribution in [0.5, 0.6) is 0 Å². The third kappa shape index (κ3) is 2.62. The van der Waals surface area contributed by atoms with Gasteiger partial charge in [0.05, 0.1) is 29.1 Å². The molecule has 0 radical (unpaired) electrons. The number of hydrogen-bond donors (Lipinski definition) is 0. The molecule has 1 spiro atoms. The van der Waals surface area contributed by atoms with E-state index in [2.05, 4.69) is 44.6 Å². The Morgan fingerprint density at radius 3 is 2.73 bits per heavy atom. The van der Waals surface area contributed by atoms with E-state index in [0.29, 0.717) is 0 Å². The average Bonchev–Trinajstić information content (AvgIpc) is 3.32. The van der Waals surface area contributed by atoms with Gasteiger partial charge in [0.15, 0.2) is 5.79 Å². The summed E-state index contributed by atoms with van der Waals surface area (Å²) in [6.07, 6.45) is 10.5. The molecule has 0 saturated carbocycles. The van der Waals surface area contributed by atoms with Gasteiger partial charge in [0, 0.05) is 6.42 Å². The summed E-state index contributed by atoms with van der Waals surface area (Å²) >= 11 is 0. The molecule has 0 amide bonds. The second kappa shape index (κ2) is 6.76. The number of hydrogen-bond acceptors (Lipinski definition) is 3. The highest BCUT2D eigenvalue weighted by Crippen LogP contribution is 2.58. The van der Waals surface area contributed by atoms with Crippen molar-refractivity contribution in [1.29, 1.82) is 0 Å². The van der Waals surface area contributed by atoms with Crippen LogP contribution in [0.2, 0.25) is 0 Å². The number of rotatable bonds is 3. The first kappa shape index (κ1) is 19.5. The zero-order valence-corrected chi connectivity index (χ0v) is 17.7. The Labute approximate surface area is 176 Å². The summed E-state index contributed by atoms with van der Waals surface area (Å²) in [4.78, 5) is 0. The number of halogens is 1. The highest BCUT2D eigenvalue weighted by molar-refractivity contribution is 5.67. The van der Waals surface area contributed by atoms with Gasteiger partial charge in [-0.15, -0.1) is 6.58 Å². The number of benzene rings is 1. The molecule has 2 heterocycles. The molecule has 5 heteroatoms. The van der Waals surface area contributed by atoms with Gasteiger partial charge in [-0.05, 0) is 68.2 Å². The largest absolute Gasteiger partial charge is 0.342 e. The average molecular weight is 407 g/mol. The van der Waals surface area contributed by atoms with Crippen LogP contribution in [0.4, 0.5) is 4.39 Å². The van der Waals surface area contributed by atoms with Gasteiger partial charge in [-0.25, -0.2) is 9.07 Å². The molecular weight excluding hydrogens is 379 g/mol. The Hall–Kier alpha value is -2.50.